The van der Waals surface area contributed by atoms with Crippen LogP contribution in [0.15, 0.2) is 36.4 Å². The summed E-state index contributed by atoms with van der Waals surface area (Å²) in [6, 6.07) is 11.3. The van der Waals surface area contributed by atoms with E-state index in [0.717, 1.165) is 35.3 Å². The van der Waals surface area contributed by atoms with Gasteiger partial charge in [0.1, 0.15) is 5.75 Å². The molecule has 5 nitrogen and oxygen atoms in total. The van der Waals surface area contributed by atoms with Gasteiger partial charge in [0.25, 0.3) is 10.2 Å². The molecule has 2 aliphatic rings. The molecule has 4 rings (SSSR count). The monoisotopic (exact) mass is 392 g/mol. The third-order valence-electron chi connectivity index (χ3n) is 4.89. The van der Waals surface area contributed by atoms with E-state index in [9.17, 15) is 8.42 Å². The van der Waals surface area contributed by atoms with E-state index in [0.29, 0.717) is 16.8 Å². The number of benzene rings is 2. The topological polar surface area (TPSA) is 67.4 Å². The molecule has 1 fully saturated rings. The first-order valence-corrected chi connectivity index (χ1v) is 10.7. The molecule has 0 spiro atoms. The van der Waals surface area contributed by atoms with Crippen molar-refractivity contribution < 1.29 is 13.2 Å². The fourth-order valence-electron chi connectivity index (χ4n) is 3.58. The standard InChI is InChI=1S/C19H21ClN2O3S/c20-15-10-14-12-21-26(23,24)22-19(14)18(11-15)13-6-8-17(9-7-13)25-16-4-2-1-3-5-16/h6-11,16,21-22H,1-5,12H2. The quantitative estimate of drug-likeness (QED) is 0.809. The molecule has 1 aliphatic carbocycles. The average Bonchev–Trinajstić information content (AvgIpc) is 2.63. The summed E-state index contributed by atoms with van der Waals surface area (Å²) in [5.41, 5.74) is 3.06. The molecule has 138 valence electrons. The number of halogens is 1. The maximum Gasteiger partial charge on any atom is 0.299 e. The van der Waals surface area contributed by atoms with Crippen molar-refractivity contribution in [2.75, 3.05) is 4.72 Å². The van der Waals surface area contributed by atoms with Crippen LogP contribution in [0.1, 0.15) is 37.7 Å². The van der Waals surface area contributed by atoms with E-state index >= 15 is 0 Å². The summed E-state index contributed by atoms with van der Waals surface area (Å²) in [5.74, 6) is 0.846. The van der Waals surface area contributed by atoms with Crippen LogP contribution >= 0.6 is 11.6 Å². The van der Waals surface area contributed by atoms with Crippen molar-refractivity contribution in [1.82, 2.24) is 4.72 Å². The van der Waals surface area contributed by atoms with Gasteiger partial charge in [-0.25, -0.2) is 0 Å². The number of nitrogens with one attached hydrogen (secondary N) is 2. The molecular weight excluding hydrogens is 372 g/mol. The molecule has 0 aromatic heterocycles. The lowest BCUT2D eigenvalue weighted by atomic mass is 9.97. The molecule has 0 bridgehead atoms. The second-order valence-electron chi connectivity index (χ2n) is 6.82. The van der Waals surface area contributed by atoms with E-state index in [4.69, 9.17) is 16.3 Å². The van der Waals surface area contributed by atoms with Gasteiger partial charge in [-0.05, 0) is 61.1 Å². The molecular formula is C19H21ClN2O3S. The van der Waals surface area contributed by atoms with E-state index in [-0.39, 0.29) is 6.54 Å². The van der Waals surface area contributed by atoms with Crippen LogP contribution in [-0.4, -0.2) is 14.5 Å². The van der Waals surface area contributed by atoms with E-state index in [1.165, 1.54) is 19.3 Å². The van der Waals surface area contributed by atoms with Crippen LogP contribution in [0.25, 0.3) is 11.1 Å². The molecule has 0 radical (unpaired) electrons. The highest BCUT2D eigenvalue weighted by Crippen LogP contribution is 2.37. The van der Waals surface area contributed by atoms with Gasteiger partial charge in [0.15, 0.2) is 0 Å². The molecule has 0 atom stereocenters. The van der Waals surface area contributed by atoms with Crippen LogP contribution in [0.2, 0.25) is 5.02 Å². The van der Waals surface area contributed by atoms with Crippen LogP contribution in [0.5, 0.6) is 5.75 Å². The number of ether oxygens (including phenoxy) is 1. The first kappa shape index (κ1) is 17.6. The first-order valence-electron chi connectivity index (χ1n) is 8.87. The molecule has 2 aromatic rings. The van der Waals surface area contributed by atoms with E-state index in [2.05, 4.69) is 9.44 Å². The van der Waals surface area contributed by atoms with Crippen molar-refractivity contribution >= 4 is 27.5 Å². The minimum Gasteiger partial charge on any atom is -0.490 e. The van der Waals surface area contributed by atoms with E-state index in [1.807, 2.05) is 24.3 Å². The van der Waals surface area contributed by atoms with Crippen molar-refractivity contribution in [2.45, 2.75) is 44.8 Å². The smallest absolute Gasteiger partial charge is 0.299 e. The maximum atomic E-state index is 11.9. The Bertz CT molecular complexity index is 907. The molecule has 0 unspecified atom stereocenters. The maximum absolute atomic E-state index is 11.9. The van der Waals surface area contributed by atoms with Gasteiger partial charge in [0.05, 0.1) is 11.8 Å². The van der Waals surface area contributed by atoms with Gasteiger partial charge >= 0.3 is 0 Å². The average molecular weight is 393 g/mol. The highest BCUT2D eigenvalue weighted by atomic mass is 35.5. The molecule has 0 amide bonds. The van der Waals surface area contributed by atoms with Crippen molar-refractivity contribution in [3.63, 3.8) is 0 Å². The fourth-order valence-corrected chi connectivity index (χ4v) is 4.75. The SMILES string of the molecule is O=S1(=O)NCc2cc(Cl)cc(-c3ccc(OC4CCCCC4)cc3)c2N1. The van der Waals surface area contributed by atoms with Gasteiger partial charge < -0.3 is 4.74 Å². The zero-order valence-electron chi connectivity index (χ0n) is 14.3. The van der Waals surface area contributed by atoms with Crippen LogP contribution < -0.4 is 14.2 Å². The predicted molar refractivity (Wildman–Crippen MR) is 104 cm³/mol. The molecule has 1 aliphatic heterocycles. The highest BCUT2D eigenvalue weighted by molar-refractivity contribution is 7.90. The molecule has 2 aromatic carbocycles. The third kappa shape index (κ3) is 3.82. The third-order valence-corrected chi connectivity index (χ3v) is 6.11. The zero-order valence-corrected chi connectivity index (χ0v) is 15.9. The molecule has 1 saturated carbocycles. The van der Waals surface area contributed by atoms with Crippen LogP contribution in [0.3, 0.4) is 0 Å². The van der Waals surface area contributed by atoms with Gasteiger partial charge in [0, 0.05) is 17.1 Å². The minimum atomic E-state index is -3.53. The number of fused-ring (bicyclic) bond motifs is 1. The Kier molecular flexibility index (Phi) is 4.82. The second-order valence-corrected chi connectivity index (χ2v) is 8.75. The van der Waals surface area contributed by atoms with Crippen molar-refractivity contribution in [2.24, 2.45) is 0 Å². The van der Waals surface area contributed by atoms with Crippen LogP contribution in [-0.2, 0) is 16.8 Å². The summed E-state index contributed by atoms with van der Waals surface area (Å²) in [5, 5.41) is 0.573. The van der Waals surface area contributed by atoms with E-state index < -0.39 is 10.2 Å². The minimum absolute atomic E-state index is 0.223. The number of hydrogen-bond acceptors (Lipinski definition) is 3. The van der Waals surface area contributed by atoms with Crippen LogP contribution in [0, 0.1) is 0 Å². The Balaban J connectivity index is 1.62. The Morgan fingerprint density at radius 1 is 1.04 bits per heavy atom. The van der Waals surface area contributed by atoms with Gasteiger partial charge in [-0.3, -0.25) is 4.72 Å². The Morgan fingerprint density at radius 3 is 2.50 bits per heavy atom. The van der Waals surface area contributed by atoms with Crippen molar-refractivity contribution in [3.05, 3.63) is 47.0 Å². The highest BCUT2D eigenvalue weighted by Gasteiger charge is 2.23. The lowest BCUT2D eigenvalue weighted by Gasteiger charge is -2.24. The van der Waals surface area contributed by atoms with E-state index in [1.54, 1.807) is 12.1 Å². The number of rotatable bonds is 3. The Morgan fingerprint density at radius 2 is 1.77 bits per heavy atom. The van der Waals surface area contributed by atoms with Crippen LogP contribution in [0.4, 0.5) is 5.69 Å². The first-order chi connectivity index (χ1) is 12.5. The summed E-state index contributed by atoms with van der Waals surface area (Å²) in [6.45, 7) is 0.223. The van der Waals surface area contributed by atoms with Crippen molar-refractivity contribution in [1.29, 1.82) is 0 Å². The largest absolute Gasteiger partial charge is 0.490 e. The number of hydrogen-bond donors (Lipinski definition) is 2. The van der Waals surface area contributed by atoms with Gasteiger partial charge in [0.2, 0.25) is 0 Å². The Labute approximate surface area is 158 Å². The molecule has 1 heterocycles. The summed E-state index contributed by atoms with van der Waals surface area (Å²) in [7, 11) is -3.53. The molecule has 26 heavy (non-hydrogen) atoms. The summed E-state index contributed by atoms with van der Waals surface area (Å²) < 4.78 is 34.9. The molecule has 0 saturated heterocycles. The fraction of sp³-hybridized carbons (Fsp3) is 0.368. The normalized spacial score (nSPS) is 19.4. The lowest BCUT2D eigenvalue weighted by Crippen LogP contribution is -2.34. The molecule has 7 heteroatoms. The lowest BCUT2D eigenvalue weighted by molar-refractivity contribution is 0.155. The summed E-state index contributed by atoms with van der Waals surface area (Å²) in [6.07, 6.45) is 6.27. The summed E-state index contributed by atoms with van der Waals surface area (Å²) in [4.78, 5) is 0. The molecule has 2 N–H and O–H groups in total. The Hall–Kier alpha value is -1.76. The van der Waals surface area contributed by atoms with Gasteiger partial charge in [-0.1, -0.05) is 30.2 Å². The second kappa shape index (κ2) is 7.10. The van der Waals surface area contributed by atoms with Crippen molar-refractivity contribution in [3.8, 4) is 16.9 Å². The number of anilines is 1. The van der Waals surface area contributed by atoms with Gasteiger partial charge in [-0.2, -0.15) is 13.1 Å². The summed E-state index contributed by atoms with van der Waals surface area (Å²) >= 11 is 6.23. The van der Waals surface area contributed by atoms with Gasteiger partial charge in [-0.15, -0.1) is 0 Å². The zero-order chi connectivity index (χ0) is 18.1. The predicted octanol–water partition coefficient (Wildman–Crippen LogP) is 4.48.